The van der Waals surface area contributed by atoms with Crippen molar-refractivity contribution in [2.45, 2.75) is 0 Å². The van der Waals surface area contributed by atoms with Crippen LogP contribution in [0.5, 0.6) is 0 Å². The standard InChI is InChI=1S/5C16H12BN.C14H10BN/c1-3-9-15-13(7-1)14-8-2-4-10-16(14)18-12-6-5-11-17(15)18;1-3-7-15-13(5-1)9-11-17-12-10-14-6-2-4-8-16(14)18(15)17;1-2-6-15-13(5-1)7-8-14-9-11-17-10-3-4-12-18(17)16(14)15;1-2-6-14-13(5-1)7-8-16-15(14)9-11-17-10-3-4-12-18(16)17;1-2-6-14-12-16-15(11-13(14)5-1)7-9-17-8-3-4-10-18(16)17;1-3-11-7-9-13-5-2-6-14-10-8-12(4-1)15(11)16(13)14/h5*1-12H;1-10H. The number of rotatable bonds is 0. The highest BCUT2D eigenvalue weighted by Crippen LogP contribution is 2.43. The van der Waals surface area contributed by atoms with Gasteiger partial charge >= 0.3 is 41.1 Å². The molecule has 10 aromatic carbocycles. The van der Waals surface area contributed by atoms with Gasteiger partial charge in [0.1, 0.15) is 0 Å². The Labute approximate surface area is 623 Å². The predicted octanol–water partition coefficient (Wildman–Crippen LogP) is 21.1. The molecule has 6 nitrogen and oxygen atoms in total. The van der Waals surface area contributed by atoms with Crippen LogP contribution in [-0.2, 0) is 0 Å². The van der Waals surface area contributed by atoms with E-state index >= 15 is 0 Å². The summed E-state index contributed by atoms with van der Waals surface area (Å²) in [5.41, 5.74) is 23.7. The average Bonchev–Trinajstić information content (AvgIpc) is 0.765. The number of fused-ring (bicyclic) bond motifs is 25. The fourth-order valence-corrected chi connectivity index (χ4v) is 16.7. The molecule has 0 radical (unpaired) electrons. The van der Waals surface area contributed by atoms with E-state index in [4.69, 9.17) is 0 Å². The summed E-state index contributed by atoms with van der Waals surface area (Å²) in [5.74, 6) is 20.2. The zero-order valence-electron chi connectivity index (χ0n) is 58.6. The molecule has 0 atom stereocenters. The first kappa shape index (κ1) is 63.9. The van der Waals surface area contributed by atoms with Crippen LogP contribution in [0.15, 0.2) is 417 Å². The second-order valence-corrected chi connectivity index (χ2v) is 27.9. The lowest BCUT2D eigenvalue weighted by Crippen LogP contribution is -2.48. The summed E-state index contributed by atoms with van der Waals surface area (Å²) in [4.78, 5) is 14.1. The molecule has 0 spiro atoms. The maximum absolute atomic E-state index is 2.41. The number of hydrogen-bond donors (Lipinski definition) is 0. The summed E-state index contributed by atoms with van der Waals surface area (Å²) < 4.78 is 0. The van der Waals surface area contributed by atoms with Crippen molar-refractivity contribution in [3.63, 3.8) is 0 Å². The molecular weight excluding hydrogens is 1280 g/mol. The summed E-state index contributed by atoms with van der Waals surface area (Å²) in [6.07, 6.45) is 58.5. The summed E-state index contributed by atoms with van der Waals surface area (Å²) >= 11 is 0. The minimum atomic E-state index is 0.334. The van der Waals surface area contributed by atoms with Crippen LogP contribution >= 0.6 is 0 Å². The first-order valence-electron chi connectivity index (χ1n) is 36.9. The molecule has 0 unspecified atom stereocenters. The molecule has 14 aliphatic rings. The fourth-order valence-electron chi connectivity index (χ4n) is 16.7. The molecule has 14 heterocycles. The zero-order valence-corrected chi connectivity index (χ0v) is 58.6. The second-order valence-electron chi connectivity index (χ2n) is 27.9. The van der Waals surface area contributed by atoms with Crippen LogP contribution in [0.25, 0.3) is 73.8 Å². The lowest BCUT2D eigenvalue weighted by molar-refractivity contribution is 0.683. The number of benzene rings is 10. The van der Waals surface area contributed by atoms with Gasteiger partial charge in [-0.1, -0.05) is 326 Å². The van der Waals surface area contributed by atoms with E-state index in [-0.39, 0.29) is 0 Å². The molecular formula is C94H70B6N6. The van der Waals surface area contributed by atoms with Crippen molar-refractivity contribution in [3.8, 4) is 11.1 Å². The van der Waals surface area contributed by atoms with E-state index < -0.39 is 0 Å². The van der Waals surface area contributed by atoms with Crippen LogP contribution in [0.3, 0.4) is 0 Å². The van der Waals surface area contributed by atoms with Crippen LogP contribution in [0, 0.1) is 0 Å². The summed E-state index contributed by atoms with van der Waals surface area (Å²) in [5, 5.41) is 7.85. The Morgan fingerprint density at radius 3 is 1.54 bits per heavy atom. The van der Waals surface area contributed by atoms with Gasteiger partial charge < -0.3 is 28.9 Å². The monoisotopic (exact) mass is 1350 g/mol. The lowest BCUT2D eigenvalue weighted by atomic mass is 9.43. The van der Waals surface area contributed by atoms with Gasteiger partial charge in [0.15, 0.2) is 0 Å². The number of allylic oxidation sites excluding steroid dienone is 20. The number of nitrogens with zero attached hydrogens (tertiary/aromatic N) is 6. The Kier molecular flexibility index (Phi) is 16.8. The molecule has 0 N–H and O–H groups in total. The first-order valence-corrected chi connectivity index (χ1v) is 36.9. The topological polar surface area (TPSA) is 19.4 Å². The Balaban J connectivity index is 0.0000000871. The fraction of sp³-hybridized carbons (Fsp3) is 0. The van der Waals surface area contributed by atoms with E-state index in [1.165, 1.54) is 133 Å². The molecule has 0 aromatic heterocycles. The largest absolute Gasteiger partial charge is 0.383 e. The average molecular weight is 1350 g/mol. The van der Waals surface area contributed by atoms with E-state index in [0.717, 1.165) is 0 Å². The van der Waals surface area contributed by atoms with Crippen molar-refractivity contribution in [3.05, 3.63) is 444 Å². The molecule has 0 saturated heterocycles. The van der Waals surface area contributed by atoms with Gasteiger partial charge in [-0.2, -0.15) is 0 Å². The Morgan fingerprint density at radius 2 is 0.783 bits per heavy atom. The zero-order chi connectivity index (χ0) is 70.3. The Hall–Kier alpha value is -13.0. The van der Waals surface area contributed by atoms with Gasteiger partial charge in [-0.25, -0.2) is 0 Å². The van der Waals surface area contributed by atoms with Crippen molar-refractivity contribution < 1.29 is 0 Å². The van der Waals surface area contributed by atoms with Crippen molar-refractivity contribution >= 4 is 143 Å². The molecule has 10 aromatic rings. The molecule has 0 aliphatic carbocycles. The maximum Gasteiger partial charge on any atom is 0.328 e. The number of hydrogen-bond acceptors (Lipinski definition) is 6. The SMILES string of the molecule is C1=CB2C=Cc3c(ccc4ccccc34)N2C=C1.C1=CB2C=Cc3cc4ccccc4cc3N2C=C1.C1=CB2C=Cc3ccc4ccccc4c3N2C=C1.C1=CB2c3ccccc3-c3ccccc3N2C=C1.C1=CC2=CC=C3C=CC=C4C=CC(=C1)B2N43.C1=Cc2ccccc2N2B1C=Cc1ccccc12. The lowest BCUT2D eigenvalue weighted by Gasteiger charge is -2.41. The van der Waals surface area contributed by atoms with E-state index in [0.29, 0.717) is 41.1 Å². The quantitative estimate of drug-likeness (QED) is 0.140. The van der Waals surface area contributed by atoms with Crippen LogP contribution in [0.4, 0.5) is 34.1 Å². The first-order chi connectivity index (χ1) is 52.6. The van der Waals surface area contributed by atoms with Gasteiger partial charge in [-0.05, 0) is 170 Å². The molecule has 12 heteroatoms. The minimum Gasteiger partial charge on any atom is -0.383 e. The molecule has 494 valence electrons. The van der Waals surface area contributed by atoms with Crippen LogP contribution in [0.2, 0.25) is 0 Å². The van der Waals surface area contributed by atoms with Crippen LogP contribution in [-0.4, -0.2) is 45.9 Å². The summed E-state index contributed by atoms with van der Waals surface area (Å²) in [6.45, 7) is 2.16. The third-order valence-corrected chi connectivity index (χ3v) is 21.7. The number of para-hydroxylation sites is 3. The van der Waals surface area contributed by atoms with Crippen molar-refractivity contribution in [2.75, 3.05) is 24.1 Å². The van der Waals surface area contributed by atoms with E-state index in [1.54, 1.807) is 0 Å². The van der Waals surface area contributed by atoms with E-state index in [1.807, 2.05) is 0 Å². The Morgan fingerprint density at radius 1 is 0.255 bits per heavy atom. The summed E-state index contributed by atoms with van der Waals surface area (Å²) in [6, 6.07) is 73.5. The molecule has 106 heavy (non-hydrogen) atoms. The van der Waals surface area contributed by atoms with Gasteiger partial charge in [-0.3, -0.25) is 0 Å². The maximum atomic E-state index is 2.41. The van der Waals surface area contributed by atoms with E-state index in [9.17, 15) is 0 Å². The van der Waals surface area contributed by atoms with Crippen molar-refractivity contribution in [1.29, 1.82) is 0 Å². The molecule has 24 rings (SSSR count). The van der Waals surface area contributed by atoms with E-state index in [2.05, 4.69) is 453 Å². The molecule has 14 aliphatic heterocycles. The minimum absolute atomic E-state index is 0.334. The number of anilines is 6. The third-order valence-electron chi connectivity index (χ3n) is 21.7. The highest BCUT2D eigenvalue weighted by atomic mass is 15.1. The van der Waals surface area contributed by atoms with Gasteiger partial charge in [0, 0.05) is 62.0 Å². The van der Waals surface area contributed by atoms with Gasteiger partial charge in [-0.15, -0.1) is 0 Å². The van der Waals surface area contributed by atoms with Gasteiger partial charge in [0.2, 0.25) is 0 Å². The molecule has 0 saturated carbocycles. The highest BCUT2D eigenvalue weighted by Gasteiger charge is 2.38. The summed E-state index contributed by atoms with van der Waals surface area (Å²) in [7, 11) is 0. The second kappa shape index (κ2) is 28.0. The van der Waals surface area contributed by atoms with Crippen LogP contribution in [0.1, 0.15) is 27.8 Å². The smallest absolute Gasteiger partial charge is 0.328 e. The normalized spacial score (nSPS) is 16.8. The van der Waals surface area contributed by atoms with Crippen LogP contribution < -0.4 is 29.5 Å². The third kappa shape index (κ3) is 11.9. The van der Waals surface area contributed by atoms with Crippen molar-refractivity contribution in [2.24, 2.45) is 0 Å². The molecule has 0 fully saturated rings. The van der Waals surface area contributed by atoms with Crippen molar-refractivity contribution in [1.82, 2.24) is 4.81 Å². The molecule has 0 bridgehead atoms. The van der Waals surface area contributed by atoms with Gasteiger partial charge in [0.05, 0.1) is 0 Å². The Bertz CT molecular complexity index is 5730. The molecule has 0 amide bonds. The van der Waals surface area contributed by atoms with Gasteiger partial charge in [0.25, 0.3) is 0 Å². The predicted molar refractivity (Wildman–Crippen MR) is 463 cm³/mol. The highest BCUT2D eigenvalue weighted by molar-refractivity contribution is 6.84.